The molecule has 0 aliphatic carbocycles. The Hall–Kier alpha value is -2.97. The third-order valence-corrected chi connectivity index (χ3v) is 3.28. The zero-order valence-electron chi connectivity index (χ0n) is 13.5. The van der Waals surface area contributed by atoms with Gasteiger partial charge < -0.3 is 20.8 Å². The number of halogens is 1. The number of rotatable bonds is 9. The first-order valence-electron chi connectivity index (χ1n) is 7.45. The van der Waals surface area contributed by atoms with E-state index < -0.39 is 48.1 Å². The number of carbonyl (C=O) groups is 4. The van der Waals surface area contributed by atoms with E-state index in [-0.39, 0.29) is 12.8 Å². The number of amides is 2. The van der Waals surface area contributed by atoms with Crippen LogP contribution in [0, 0.1) is 5.82 Å². The highest BCUT2D eigenvalue weighted by atomic mass is 19.1. The van der Waals surface area contributed by atoms with E-state index >= 15 is 0 Å². The van der Waals surface area contributed by atoms with Gasteiger partial charge >= 0.3 is 11.9 Å². The lowest BCUT2D eigenvalue weighted by Gasteiger charge is -2.21. The van der Waals surface area contributed by atoms with E-state index in [1.165, 1.54) is 25.1 Å². The van der Waals surface area contributed by atoms with Gasteiger partial charge in [0.25, 0.3) is 0 Å². The van der Waals surface area contributed by atoms with Crippen molar-refractivity contribution in [2.24, 2.45) is 0 Å². The van der Waals surface area contributed by atoms with Crippen LogP contribution in [0.5, 0.6) is 0 Å². The van der Waals surface area contributed by atoms with Gasteiger partial charge in [-0.3, -0.25) is 14.4 Å². The standard InChI is InChI=1S/C16H19FN2O6/c1-9(20)18-13(8-10-3-2-4-11(17)7-10)15(23)19-12(16(24)25)5-6-14(21)22/h2-4,7,12-13H,5-6,8H2,1H3,(H,18,20)(H,19,23)(H,21,22)(H,24,25)/t12-,13+/m0/s1. The van der Waals surface area contributed by atoms with E-state index in [1.54, 1.807) is 6.07 Å². The lowest BCUT2D eigenvalue weighted by molar-refractivity contribution is -0.143. The van der Waals surface area contributed by atoms with Crippen LogP contribution in [0.2, 0.25) is 0 Å². The normalized spacial score (nSPS) is 12.7. The summed E-state index contributed by atoms with van der Waals surface area (Å²) in [6.45, 7) is 1.19. The van der Waals surface area contributed by atoms with Gasteiger partial charge in [-0.25, -0.2) is 9.18 Å². The van der Waals surface area contributed by atoms with Crippen LogP contribution in [-0.4, -0.2) is 46.0 Å². The average molecular weight is 354 g/mol. The Kier molecular flexibility index (Phi) is 7.51. The fraction of sp³-hybridized carbons (Fsp3) is 0.375. The second-order valence-electron chi connectivity index (χ2n) is 5.42. The lowest BCUT2D eigenvalue weighted by atomic mass is 10.0. The first-order valence-corrected chi connectivity index (χ1v) is 7.45. The number of carboxylic acid groups (broad SMARTS) is 2. The van der Waals surface area contributed by atoms with Crippen LogP contribution < -0.4 is 10.6 Å². The van der Waals surface area contributed by atoms with E-state index in [4.69, 9.17) is 10.2 Å². The molecule has 9 heteroatoms. The Morgan fingerprint density at radius 3 is 2.32 bits per heavy atom. The molecule has 0 radical (unpaired) electrons. The Bertz CT molecular complexity index is 664. The fourth-order valence-corrected chi connectivity index (χ4v) is 2.15. The Morgan fingerprint density at radius 1 is 1.12 bits per heavy atom. The maximum Gasteiger partial charge on any atom is 0.326 e. The highest BCUT2D eigenvalue weighted by molar-refractivity contribution is 5.90. The van der Waals surface area contributed by atoms with E-state index in [9.17, 15) is 23.6 Å². The van der Waals surface area contributed by atoms with Crippen LogP contribution in [0.1, 0.15) is 25.3 Å². The Labute approximate surface area is 143 Å². The van der Waals surface area contributed by atoms with Crippen LogP contribution in [0.15, 0.2) is 24.3 Å². The van der Waals surface area contributed by atoms with Gasteiger partial charge in [-0.1, -0.05) is 12.1 Å². The van der Waals surface area contributed by atoms with Gasteiger partial charge in [0, 0.05) is 19.8 Å². The SMILES string of the molecule is CC(=O)N[C@H](Cc1cccc(F)c1)C(=O)N[C@@H](CCC(=O)O)C(=O)O. The largest absolute Gasteiger partial charge is 0.481 e. The zero-order valence-corrected chi connectivity index (χ0v) is 13.5. The molecule has 0 bridgehead atoms. The fourth-order valence-electron chi connectivity index (χ4n) is 2.15. The third kappa shape index (κ3) is 7.42. The van der Waals surface area contributed by atoms with Crippen LogP contribution >= 0.6 is 0 Å². The van der Waals surface area contributed by atoms with Crippen LogP contribution in [-0.2, 0) is 25.6 Å². The summed E-state index contributed by atoms with van der Waals surface area (Å²) in [4.78, 5) is 45.3. The molecule has 2 amide bonds. The Balaban J connectivity index is 2.85. The smallest absolute Gasteiger partial charge is 0.326 e. The highest BCUT2D eigenvalue weighted by Gasteiger charge is 2.26. The molecule has 1 aromatic carbocycles. The molecule has 1 rings (SSSR count). The summed E-state index contributed by atoms with van der Waals surface area (Å²) in [5, 5.41) is 22.3. The van der Waals surface area contributed by atoms with Crippen molar-refractivity contribution in [1.29, 1.82) is 0 Å². The summed E-state index contributed by atoms with van der Waals surface area (Å²) >= 11 is 0. The van der Waals surface area contributed by atoms with Gasteiger partial charge in [0.15, 0.2) is 0 Å². The van der Waals surface area contributed by atoms with Crippen molar-refractivity contribution in [2.75, 3.05) is 0 Å². The van der Waals surface area contributed by atoms with Crippen LogP contribution in [0.25, 0.3) is 0 Å². The molecule has 2 atom stereocenters. The molecule has 0 heterocycles. The quantitative estimate of drug-likeness (QED) is 0.504. The number of hydrogen-bond donors (Lipinski definition) is 4. The minimum absolute atomic E-state index is 0.0472. The predicted molar refractivity (Wildman–Crippen MR) is 84.1 cm³/mol. The van der Waals surface area contributed by atoms with Crippen molar-refractivity contribution >= 4 is 23.8 Å². The van der Waals surface area contributed by atoms with Crippen LogP contribution in [0.3, 0.4) is 0 Å². The molecule has 0 saturated heterocycles. The topological polar surface area (TPSA) is 133 Å². The molecule has 1 aromatic rings. The van der Waals surface area contributed by atoms with Gasteiger partial charge in [-0.15, -0.1) is 0 Å². The minimum atomic E-state index is -1.41. The predicted octanol–water partition coefficient (Wildman–Crippen LogP) is 0.307. The van der Waals surface area contributed by atoms with Gasteiger partial charge in [-0.2, -0.15) is 0 Å². The molecule has 0 aliphatic heterocycles. The highest BCUT2D eigenvalue weighted by Crippen LogP contribution is 2.08. The maximum absolute atomic E-state index is 13.3. The van der Waals surface area contributed by atoms with Crippen molar-refractivity contribution in [3.63, 3.8) is 0 Å². The molecule has 0 saturated carbocycles. The summed E-state index contributed by atoms with van der Waals surface area (Å²) < 4.78 is 13.3. The van der Waals surface area contributed by atoms with Gasteiger partial charge in [0.2, 0.25) is 11.8 Å². The molecule has 136 valence electrons. The summed E-state index contributed by atoms with van der Waals surface area (Å²) in [6, 6.07) is 2.90. The molecule has 0 aromatic heterocycles. The molecule has 25 heavy (non-hydrogen) atoms. The number of aliphatic carboxylic acids is 2. The van der Waals surface area contributed by atoms with Crippen molar-refractivity contribution in [3.8, 4) is 0 Å². The number of carboxylic acids is 2. The first kappa shape index (κ1) is 20.1. The molecule has 8 nitrogen and oxygen atoms in total. The Morgan fingerprint density at radius 2 is 1.80 bits per heavy atom. The molecular formula is C16H19FN2O6. The van der Waals surface area contributed by atoms with E-state index in [2.05, 4.69) is 10.6 Å². The average Bonchev–Trinajstić information content (AvgIpc) is 2.49. The van der Waals surface area contributed by atoms with Crippen molar-refractivity contribution in [3.05, 3.63) is 35.6 Å². The van der Waals surface area contributed by atoms with Gasteiger partial charge in [0.1, 0.15) is 17.9 Å². The van der Waals surface area contributed by atoms with Crippen molar-refractivity contribution in [1.82, 2.24) is 10.6 Å². The third-order valence-electron chi connectivity index (χ3n) is 3.28. The van der Waals surface area contributed by atoms with E-state index in [1.807, 2.05) is 0 Å². The maximum atomic E-state index is 13.3. The van der Waals surface area contributed by atoms with Gasteiger partial charge in [0.05, 0.1) is 0 Å². The van der Waals surface area contributed by atoms with Crippen molar-refractivity contribution in [2.45, 2.75) is 38.3 Å². The summed E-state index contributed by atoms with van der Waals surface area (Å²) in [5.74, 6) is -4.41. The summed E-state index contributed by atoms with van der Waals surface area (Å²) in [7, 11) is 0. The molecule has 4 N–H and O–H groups in total. The number of carbonyl (C=O) groups excluding carboxylic acids is 2. The van der Waals surface area contributed by atoms with Crippen LogP contribution in [0.4, 0.5) is 4.39 Å². The molecular weight excluding hydrogens is 335 g/mol. The van der Waals surface area contributed by atoms with Gasteiger partial charge in [-0.05, 0) is 24.1 Å². The number of nitrogens with one attached hydrogen (secondary N) is 2. The monoisotopic (exact) mass is 354 g/mol. The lowest BCUT2D eigenvalue weighted by Crippen LogP contribution is -2.52. The second kappa shape index (κ2) is 9.36. The van der Waals surface area contributed by atoms with E-state index in [0.717, 1.165) is 0 Å². The van der Waals surface area contributed by atoms with E-state index in [0.29, 0.717) is 5.56 Å². The minimum Gasteiger partial charge on any atom is -0.481 e. The second-order valence-corrected chi connectivity index (χ2v) is 5.42. The summed E-state index contributed by atoms with van der Waals surface area (Å²) in [5.41, 5.74) is 0.436. The number of benzene rings is 1. The summed E-state index contributed by atoms with van der Waals surface area (Å²) in [6.07, 6.45) is -0.788. The molecule has 0 aliphatic rings. The molecule has 0 unspecified atom stereocenters. The van der Waals surface area contributed by atoms with Crippen molar-refractivity contribution < 1.29 is 33.8 Å². The first-order chi connectivity index (χ1) is 11.7. The molecule has 0 fully saturated rings. The number of hydrogen-bond acceptors (Lipinski definition) is 4. The molecule has 0 spiro atoms. The zero-order chi connectivity index (χ0) is 19.0.